The molecule has 4 nitrogen and oxygen atoms in total. The topological polar surface area (TPSA) is 54.3 Å². The molecular weight excluding hydrogens is 252 g/mol. The number of hydrogen-bond acceptors (Lipinski definition) is 2. The van der Waals surface area contributed by atoms with Gasteiger partial charge in [0, 0.05) is 25.4 Å². The first kappa shape index (κ1) is 14.3. The molecule has 1 heterocycles. The van der Waals surface area contributed by atoms with Crippen molar-refractivity contribution >= 4 is 5.91 Å². The van der Waals surface area contributed by atoms with Gasteiger partial charge in [0.15, 0.2) is 0 Å². The van der Waals surface area contributed by atoms with Gasteiger partial charge in [-0.1, -0.05) is 30.3 Å². The van der Waals surface area contributed by atoms with Gasteiger partial charge in [-0.3, -0.25) is 4.79 Å². The lowest BCUT2D eigenvalue weighted by Crippen LogP contribution is -2.34. The summed E-state index contributed by atoms with van der Waals surface area (Å²) in [6.45, 7) is 1.96. The molecule has 20 heavy (non-hydrogen) atoms. The summed E-state index contributed by atoms with van der Waals surface area (Å²) < 4.78 is 1.89. The average molecular weight is 272 g/mol. The van der Waals surface area contributed by atoms with Gasteiger partial charge >= 0.3 is 0 Å². The zero-order valence-electron chi connectivity index (χ0n) is 11.8. The van der Waals surface area contributed by atoms with Gasteiger partial charge in [0.2, 0.25) is 0 Å². The Kier molecular flexibility index (Phi) is 4.58. The van der Waals surface area contributed by atoms with Crippen LogP contribution in [-0.4, -0.2) is 28.2 Å². The molecule has 0 bridgehead atoms. The van der Waals surface area contributed by atoms with Crippen molar-refractivity contribution < 1.29 is 9.90 Å². The van der Waals surface area contributed by atoms with Crippen LogP contribution < -0.4 is 5.32 Å². The van der Waals surface area contributed by atoms with Gasteiger partial charge in [-0.15, -0.1) is 0 Å². The first-order valence-corrected chi connectivity index (χ1v) is 6.76. The molecule has 0 spiro atoms. The molecule has 0 aliphatic carbocycles. The molecular formula is C16H20N2O2. The highest BCUT2D eigenvalue weighted by molar-refractivity contribution is 5.94. The van der Waals surface area contributed by atoms with Crippen LogP contribution in [0.15, 0.2) is 42.5 Å². The minimum absolute atomic E-state index is 0.0393. The molecule has 4 heteroatoms. The Morgan fingerprint density at radius 3 is 2.60 bits per heavy atom. The Morgan fingerprint density at radius 1 is 1.25 bits per heavy atom. The summed E-state index contributed by atoms with van der Waals surface area (Å²) in [6.07, 6.45) is 0.557. The van der Waals surface area contributed by atoms with Crippen LogP contribution in [-0.2, 0) is 7.05 Å². The highest BCUT2D eigenvalue weighted by Crippen LogP contribution is 2.21. The van der Waals surface area contributed by atoms with E-state index in [0.717, 1.165) is 11.3 Å². The predicted octanol–water partition coefficient (Wildman–Crippen LogP) is 2.19. The van der Waals surface area contributed by atoms with Gasteiger partial charge in [-0.25, -0.2) is 0 Å². The zero-order valence-corrected chi connectivity index (χ0v) is 11.8. The molecule has 1 aromatic heterocycles. The second-order valence-corrected chi connectivity index (χ2v) is 4.92. The lowest BCUT2D eigenvalue weighted by molar-refractivity contribution is 0.0926. The fourth-order valence-corrected chi connectivity index (χ4v) is 2.20. The van der Waals surface area contributed by atoms with Crippen molar-refractivity contribution in [3.8, 4) is 11.3 Å². The number of aliphatic hydroxyl groups excluding tert-OH is 1. The third-order valence-electron chi connectivity index (χ3n) is 3.36. The lowest BCUT2D eigenvalue weighted by Gasteiger charge is -2.13. The number of rotatable bonds is 5. The fraction of sp³-hybridized carbons (Fsp3) is 0.312. The number of benzene rings is 1. The first-order chi connectivity index (χ1) is 9.63. The Bertz CT molecular complexity index is 575. The number of nitrogens with one attached hydrogen (secondary N) is 1. The molecule has 1 unspecified atom stereocenters. The highest BCUT2D eigenvalue weighted by atomic mass is 16.3. The maximum absolute atomic E-state index is 12.2. The second-order valence-electron chi connectivity index (χ2n) is 4.92. The van der Waals surface area contributed by atoms with Gasteiger partial charge in [0.25, 0.3) is 5.91 Å². The van der Waals surface area contributed by atoms with E-state index < -0.39 is 0 Å². The SMILES string of the molecule is CC(CCO)NC(=O)c1ccc(-c2ccccc2)n1C. The minimum atomic E-state index is -0.115. The van der Waals surface area contributed by atoms with Crippen LogP contribution in [0.25, 0.3) is 11.3 Å². The lowest BCUT2D eigenvalue weighted by atomic mass is 10.2. The third-order valence-corrected chi connectivity index (χ3v) is 3.36. The molecule has 2 aromatic rings. The van der Waals surface area contributed by atoms with Crippen molar-refractivity contribution in [2.75, 3.05) is 6.61 Å². The van der Waals surface area contributed by atoms with E-state index in [2.05, 4.69) is 5.32 Å². The van der Waals surface area contributed by atoms with Crippen molar-refractivity contribution in [1.29, 1.82) is 0 Å². The van der Waals surface area contributed by atoms with Crippen LogP contribution in [0.4, 0.5) is 0 Å². The standard InChI is InChI=1S/C16H20N2O2/c1-12(10-11-19)17-16(20)15-9-8-14(18(15)2)13-6-4-3-5-7-13/h3-9,12,19H,10-11H2,1-2H3,(H,17,20). The van der Waals surface area contributed by atoms with E-state index in [1.165, 1.54) is 0 Å². The maximum atomic E-state index is 12.2. The van der Waals surface area contributed by atoms with Crippen LogP contribution in [0.5, 0.6) is 0 Å². The van der Waals surface area contributed by atoms with E-state index in [4.69, 9.17) is 5.11 Å². The molecule has 1 atom stereocenters. The highest BCUT2D eigenvalue weighted by Gasteiger charge is 2.15. The number of hydrogen-bond donors (Lipinski definition) is 2. The zero-order chi connectivity index (χ0) is 14.5. The molecule has 2 rings (SSSR count). The first-order valence-electron chi connectivity index (χ1n) is 6.76. The van der Waals surface area contributed by atoms with Crippen molar-refractivity contribution in [3.05, 3.63) is 48.2 Å². The van der Waals surface area contributed by atoms with E-state index in [9.17, 15) is 4.79 Å². The van der Waals surface area contributed by atoms with E-state index >= 15 is 0 Å². The molecule has 1 aromatic carbocycles. The van der Waals surface area contributed by atoms with Crippen LogP contribution >= 0.6 is 0 Å². The summed E-state index contributed by atoms with van der Waals surface area (Å²) in [6, 6.07) is 13.7. The summed E-state index contributed by atoms with van der Waals surface area (Å²) in [4.78, 5) is 12.2. The number of aliphatic hydroxyl groups is 1. The summed E-state index contributed by atoms with van der Waals surface area (Å²) in [5.41, 5.74) is 2.71. The van der Waals surface area contributed by atoms with Crippen molar-refractivity contribution in [1.82, 2.24) is 9.88 Å². The number of carbonyl (C=O) groups excluding carboxylic acids is 1. The largest absolute Gasteiger partial charge is 0.396 e. The van der Waals surface area contributed by atoms with Gasteiger partial charge < -0.3 is 15.0 Å². The molecule has 1 amide bonds. The Labute approximate surface area is 119 Å². The second kappa shape index (κ2) is 6.39. The summed E-state index contributed by atoms with van der Waals surface area (Å²) in [5, 5.41) is 11.8. The maximum Gasteiger partial charge on any atom is 0.268 e. The van der Waals surface area contributed by atoms with E-state index in [1.807, 2.05) is 61.0 Å². The Hall–Kier alpha value is -2.07. The van der Waals surface area contributed by atoms with Gasteiger partial charge in [-0.2, -0.15) is 0 Å². The molecule has 0 aliphatic heterocycles. The summed E-state index contributed by atoms with van der Waals surface area (Å²) in [7, 11) is 1.88. The number of carbonyl (C=O) groups is 1. The fourth-order valence-electron chi connectivity index (χ4n) is 2.20. The van der Waals surface area contributed by atoms with E-state index in [0.29, 0.717) is 12.1 Å². The minimum Gasteiger partial charge on any atom is -0.396 e. The van der Waals surface area contributed by atoms with Crippen molar-refractivity contribution in [2.45, 2.75) is 19.4 Å². The molecule has 0 aliphatic rings. The van der Waals surface area contributed by atoms with Gasteiger partial charge in [-0.05, 0) is 31.0 Å². The molecule has 0 saturated heterocycles. The van der Waals surface area contributed by atoms with Crippen molar-refractivity contribution in [2.24, 2.45) is 7.05 Å². The van der Waals surface area contributed by atoms with Crippen LogP contribution in [0.3, 0.4) is 0 Å². The Morgan fingerprint density at radius 2 is 1.95 bits per heavy atom. The normalized spacial score (nSPS) is 12.2. The average Bonchev–Trinajstić information content (AvgIpc) is 2.82. The predicted molar refractivity (Wildman–Crippen MR) is 79.5 cm³/mol. The Balaban J connectivity index is 2.19. The van der Waals surface area contributed by atoms with Crippen LogP contribution in [0.2, 0.25) is 0 Å². The smallest absolute Gasteiger partial charge is 0.268 e. The molecule has 106 valence electrons. The molecule has 0 saturated carbocycles. The molecule has 0 fully saturated rings. The van der Waals surface area contributed by atoms with E-state index in [-0.39, 0.29) is 18.6 Å². The van der Waals surface area contributed by atoms with Gasteiger partial charge in [0.05, 0.1) is 0 Å². The molecule has 0 radical (unpaired) electrons. The number of nitrogens with zero attached hydrogens (tertiary/aromatic N) is 1. The quantitative estimate of drug-likeness (QED) is 0.876. The van der Waals surface area contributed by atoms with Crippen molar-refractivity contribution in [3.63, 3.8) is 0 Å². The monoisotopic (exact) mass is 272 g/mol. The summed E-state index contributed by atoms with van der Waals surface area (Å²) >= 11 is 0. The van der Waals surface area contributed by atoms with Crippen LogP contribution in [0.1, 0.15) is 23.8 Å². The third kappa shape index (κ3) is 3.08. The number of amides is 1. The van der Waals surface area contributed by atoms with E-state index in [1.54, 1.807) is 0 Å². The summed E-state index contributed by atoms with van der Waals surface area (Å²) in [5.74, 6) is -0.115. The number of aromatic nitrogens is 1. The molecule has 2 N–H and O–H groups in total. The van der Waals surface area contributed by atoms with Crippen LogP contribution in [0, 0.1) is 0 Å². The van der Waals surface area contributed by atoms with Gasteiger partial charge in [0.1, 0.15) is 5.69 Å².